The second kappa shape index (κ2) is 10.2. The van der Waals surface area contributed by atoms with Gasteiger partial charge in [-0.05, 0) is 48.7 Å². The van der Waals surface area contributed by atoms with Crippen LogP contribution in [-0.2, 0) is 26.1 Å². The van der Waals surface area contributed by atoms with Gasteiger partial charge in [-0.25, -0.2) is 8.42 Å². The molecule has 10 nitrogen and oxygen atoms in total. The van der Waals surface area contributed by atoms with E-state index in [1.807, 2.05) is 12.1 Å². The van der Waals surface area contributed by atoms with Crippen LogP contribution in [0.3, 0.4) is 0 Å². The van der Waals surface area contributed by atoms with Gasteiger partial charge in [0.05, 0.1) is 19.1 Å². The van der Waals surface area contributed by atoms with Crippen molar-refractivity contribution in [2.45, 2.75) is 24.5 Å². The van der Waals surface area contributed by atoms with Gasteiger partial charge in [0.1, 0.15) is 5.69 Å². The number of H-pyrrole nitrogens is 1. The van der Waals surface area contributed by atoms with Crippen molar-refractivity contribution < 1.29 is 22.4 Å². The third-order valence-electron chi connectivity index (χ3n) is 6.48. The molecule has 5 rings (SSSR count). The van der Waals surface area contributed by atoms with Crippen LogP contribution in [0.25, 0.3) is 11.5 Å². The first-order chi connectivity index (χ1) is 17.0. The van der Waals surface area contributed by atoms with Gasteiger partial charge in [-0.3, -0.25) is 9.89 Å². The molecule has 2 aliphatic heterocycles. The average molecular weight is 500 g/mol. The predicted molar refractivity (Wildman–Crippen MR) is 129 cm³/mol. The molecule has 4 heterocycles. The van der Waals surface area contributed by atoms with Gasteiger partial charge in [-0.1, -0.05) is 12.1 Å². The van der Waals surface area contributed by atoms with E-state index >= 15 is 0 Å². The number of piperidine rings is 1. The maximum atomic E-state index is 13.1. The normalized spacial score (nSPS) is 19.5. The fourth-order valence-corrected chi connectivity index (χ4v) is 5.91. The molecule has 186 valence electrons. The number of carbonyl (C=O) groups is 1. The first-order valence-corrected chi connectivity index (χ1v) is 13.2. The summed E-state index contributed by atoms with van der Waals surface area (Å²) in [5, 5.41) is 9.45. The number of anilines is 1. The Bertz CT molecular complexity index is 1230. The van der Waals surface area contributed by atoms with Crippen molar-refractivity contribution in [3.8, 4) is 11.5 Å². The van der Waals surface area contributed by atoms with Crippen molar-refractivity contribution in [2.75, 3.05) is 44.3 Å². The number of hydrogen-bond acceptors (Lipinski definition) is 7. The number of hydrogen-bond donors (Lipinski definition) is 2. The number of sulfonamides is 1. The average Bonchev–Trinajstić information content (AvgIpc) is 3.61. The molecule has 0 bridgehead atoms. The molecule has 3 aromatic rings. The molecule has 1 aromatic carbocycles. The Kier molecular flexibility index (Phi) is 6.89. The SMILES string of the molecule is O=C(NCc1ccc(N2CCOCC2)cc1)C1CCCN(S(=O)(=O)c2ccc(-c3ccn[nH]3)o2)C1. The predicted octanol–water partition coefficient (Wildman–Crippen LogP) is 2.22. The zero-order chi connectivity index (χ0) is 24.3. The van der Waals surface area contributed by atoms with E-state index in [-0.39, 0.29) is 17.5 Å². The van der Waals surface area contributed by atoms with Gasteiger partial charge >= 0.3 is 0 Å². The molecule has 11 heteroatoms. The molecule has 2 aromatic heterocycles. The van der Waals surface area contributed by atoms with Crippen molar-refractivity contribution in [1.29, 1.82) is 0 Å². The lowest BCUT2D eigenvalue weighted by Gasteiger charge is -2.30. The lowest BCUT2D eigenvalue weighted by molar-refractivity contribution is -0.126. The zero-order valence-electron chi connectivity index (χ0n) is 19.4. The van der Waals surface area contributed by atoms with E-state index in [2.05, 4.69) is 32.5 Å². The molecule has 0 saturated carbocycles. The summed E-state index contributed by atoms with van der Waals surface area (Å²) in [6.45, 7) is 4.10. The molecule has 0 spiro atoms. The topological polar surface area (TPSA) is 121 Å². The Balaban J connectivity index is 1.17. The van der Waals surface area contributed by atoms with Crippen LogP contribution >= 0.6 is 0 Å². The smallest absolute Gasteiger partial charge is 0.276 e. The lowest BCUT2D eigenvalue weighted by atomic mass is 9.98. The van der Waals surface area contributed by atoms with Crippen molar-refractivity contribution in [3.63, 3.8) is 0 Å². The molecular formula is C24H29N5O5S. The Labute approximate surface area is 204 Å². The maximum Gasteiger partial charge on any atom is 0.276 e. The van der Waals surface area contributed by atoms with Crippen molar-refractivity contribution in [3.05, 3.63) is 54.2 Å². The fourth-order valence-electron chi connectivity index (χ4n) is 4.48. The van der Waals surface area contributed by atoms with Crippen LogP contribution < -0.4 is 10.2 Å². The molecule has 2 fully saturated rings. The molecular weight excluding hydrogens is 470 g/mol. The highest BCUT2D eigenvalue weighted by atomic mass is 32.2. The second-order valence-corrected chi connectivity index (χ2v) is 10.6. The highest BCUT2D eigenvalue weighted by Gasteiger charge is 2.35. The van der Waals surface area contributed by atoms with Gasteiger partial charge in [0, 0.05) is 44.6 Å². The molecule has 0 aliphatic carbocycles. The number of nitrogens with zero attached hydrogens (tertiary/aromatic N) is 3. The molecule has 2 aliphatic rings. The number of aromatic nitrogens is 2. The van der Waals surface area contributed by atoms with Gasteiger partial charge in [-0.15, -0.1) is 0 Å². The number of nitrogens with one attached hydrogen (secondary N) is 2. The summed E-state index contributed by atoms with van der Waals surface area (Å²) in [7, 11) is -3.84. The van der Waals surface area contributed by atoms with Gasteiger partial charge < -0.3 is 19.4 Å². The third kappa shape index (κ3) is 5.26. The summed E-state index contributed by atoms with van der Waals surface area (Å²) in [5.41, 5.74) is 2.74. The minimum atomic E-state index is -3.84. The molecule has 1 amide bonds. The van der Waals surface area contributed by atoms with Crippen LogP contribution in [-0.4, -0.2) is 68.2 Å². The van der Waals surface area contributed by atoms with Crippen LogP contribution in [0, 0.1) is 5.92 Å². The minimum Gasteiger partial charge on any atom is -0.442 e. The van der Waals surface area contributed by atoms with E-state index in [9.17, 15) is 13.2 Å². The van der Waals surface area contributed by atoms with Crippen LogP contribution in [0.5, 0.6) is 0 Å². The summed E-state index contributed by atoms with van der Waals surface area (Å²) < 4.78 is 38.6. The van der Waals surface area contributed by atoms with E-state index in [0.717, 1.165) is 37.6 Å². The van der Waals surface area contributed by atoms with Crippen LogP contribution in [0.2, 0.25) is 0 Å². The Morgan fingerprint density at radius 2 is 1.89 bits per heavy atom. The molecule has 2 N–H and O–H groups in total. The molecule has 0 radical (unpaired) electrons. The van der Waals surface area contributed by atoms with Crippen molar-refractivity contribution in [1.82, 2.24) is 19.8 Å². The molecule has 1 atom stereocenters. The maximum absolute atomic E-state index is 13.1. The first-order valence-electron chi connectivity index (χ1n) is 11.8. The van der Waals surface area contributed by atoms with E-state index in [4.69, 9.17) is 9.15 Å². The minimum absolute atomic E-state index is 0.129. The summed E-state index contributed by atoms with van der Waals surface area (Å²) in [5.74, 6) is -0.153. The molecule has 1 unspecified atom stereocenters. The van der Waals surface area contributed by atoms with E-state index in [1.165, 1.54) is 10.4 Å². The van der Waals surface area contributed by atoms with Crippen LogP contribution in [0.15, 0.2) is 58.2 Å². The third-order valence-corrected chi connectivity index (χ3v) is 8.22. The summed E-state index contributed by atoms with van der Waals surface area (Å²) in [4.78, 5) is 15.1. The number of ether oxygens (including phenoxy) is 1. The Morgan fingerprint density at radius 3 is 2.63 bits per heavy atom. The second-order valence-electron chi connectivity index (χ2n) is 8.77. The Hall–Kier alpha value is -3.15. The van der Waals surface area contributed by atoms with Gasteiger partial charge in [-0.2, -0.15) is 9.40 Å². The zero-order valence-corrected chi connectivity index (χ0v) is 20.2. The van der Waals surface area contributed by atoms with Gasteiger partial charge in [0.2, 0.25) is 11.0 Å². The number of rotatable bonds is 7. The Morgan fingerprint density at radius 1 is 1.09 bits per heavy atom. The highest BCUT2D eigenvalue weighted by molar-refractivity contribution is 7.89. The van der Waals surface area contributed by atoms with E-state index in [1.54, 1.807) is 18.3 Å². The number of benzene rings is 1. The summed E-state index contributed by atoms with van der Waals surface area (Å²) in [6.07, 6.45) is 2.82. The number of morpholine rings is 1. The van der Waals surface area contributed by atoms with Crippen LogP contribution in [0.1, 0.15) is 18.4 Å². The summed E-state index contributed by atoms with van der Waals surface area (Å²) >= 11 is 0. The summed E-state index contributed by atoms with van der Waals surface area (Å²) in [6, 6.07) is 12.9. The number of furan rings is 1. The van der Waals surface area contributed by atoms with Gasteiger partial charge in [0.25, 0.3) is 10.0 Å². The lowest BCUT2D eigenvalue weighted by Crippen LogP contribution is -2.45. The van der Waals surface area contributed by atoms with Gasteiger partial charge in [0.15, 0.2) is 5.76 Å². The number of amides is 1. The monoisotopic (exact) mass is 499 g/mol. The standard InChI is InChI=1S/C24H29N5O5S/c30-24(25-16-18-3-5-20(6-4-18)28-12-14-33-15-13-28)19-2-1-11-29(17-19)35(31,32)23-8-7-22(34-23)21-9-10-26-27-21/h3-10,19H,1-2,11-17H2,(H,25,30)(H,26,27). The van der Waals surface area contributed by atoms with Crippen molar-refractivity contribution in [2.24, 2.45) is 5.92 Å². The number of carbonyl (C=O) groups excluding carboxylic acids is 1. The quantitative estimate of drug-likeness (QED) is 0.511. The number of aromatic amines is 1. The van der Waals surface area contributed by atoms with E-state index < -0.39 is 15.9 Å². The van der Waals surface area contributed by atoms with Crippen molar-refractivity contribution >= 4 is 21.6 Å². The fraction of sp³-hybridized carbons (Fsp3) is 0.417. The first kappa shape index (κ1) is 23.6. The largest absolute Gasteiger partial charge is 0.442 e. The molecule has 35 heavy (non-hydrogen) atoms. The highest BCUT2D eigenvalue weighted by Crippen LogP contribution is 2.28. The van der Waals surface area contributed by atoms with Crippen LogP contribution in [0.4, 0.5) is 5.69 Å². The van der Waals surface area contributed by atoms with E-state index in [0.29, 0.717) is 37.4 Å². The molecule has 2 saturated heterocycles.